The molecule has 1 aliphatic rings. The van der Waals surface area contributed by atoms with E-state index in [0.29, 0.717) is 24.0 Å². The number of nitrogens with zero attached hydrogens (tertiary/aromatic N) is 4. The van der Waals surface area contributed by atoms with Gasteiger partial charge >= 0.3 is 6.03 Å². The third-order valence-corrected chi connectivity index (χ3v) is 6.78. The first-order chi connectivity index (χ1) is 16.9. The van der Waals surface area contributed by atoms with Crippen LogP contribution in [0, 0.1) is 12.8 Å². The Labute approximate surface area is 211 Å². The Kier molecular flexibility index (Phi) is 6.39. The second kappa shape index (κ2) is 9.62. The van der Waals surface area contributed by atoms with Gasteiger partial charge in [0.1, 0.15) is 5.82 Å². The monoisotopic (exact) mass is 487 g/mol. The fraction of sp³-hybridized carbons (Fsp3) is 0.286. The highest BCUT2D eigenvalue weighted by atomic mass is 35.5. The fourth-order valence-electron chi connectivity index (χ4n) is 4.71. The molecule has 2 amide bonds. The number of amides is 2. The smallest absolute Gasteiger partial charge is 0.318 e. The molecule has 2 aromatic heterocycles. The van der Waals surface area contributed by atoms with E-state index in [1.807, 2.05) is 77.2 Å². The number of hydrogen-bond donors (Lipinski definition) is 1. The van der Waals surface area contributed by atoms with Gasteiger partial charge < -0.3 is 14.8 Å². The highest BCUT2D eigenvalue weighted by Crippen LogP contribution is 2.38. The molecule has 1 aliphatic heterocycles. The van der Waals surface area contributed by atoms with Gasteiger partial charge in [0.25, 0.3) is 0 Å². The molecular weight excluding hydrogens is 458 g/mol. The molecule has 5 rings (SSSR count). The lowest BCUT2D eigenvalue weighted by atomic mass is 10.0. The number of carbonyl (C=O) groups excluding carboxylic acids is 1. The van der Waals surface area contributed by atoms with Crippen LogP contribution in [0.15, 0.2) is 72.9 Å². The minimum atomic E-state index is -0.280. The van der Waals surface area contributed by atoms with E-state index in [-0.39, 0.29) is 12.1 Å². The van der Waals surface area contributed by atoms with Crippen molar-refractivity contribution in [2.24, 2.45) is 5.92 Å². The first kappa shape index (κ1) is 23.2. The third kappa shape index (κ3) is 4.46. The zero-order valence-corrected chi connectivity index (χ0v) is 21.0. The van der Waals surface area contributed by atoms with Gasteiger partial charge in [-0.1, -0.05) is 55.8 Å². The zero-order chi connectivity index (χ0) is 24.5. The summed E-state index contributed by atoms with van der Waals surface area (Å²) in [5, 5.41) is 8.72. The number of urea groups is 1. The van der Waals surface area contributed by atoms with Crippen molar-refractivity contribution in [3.63, 3.8) is 0 Å². The van der Waals surface area contributed by atoms with Crippen LogP contribution in [-0.2, 0) is 6.54 Å². The molecule has 0 spiro atoms. The lowest BCUT2D eigenvalue weighted by Crippen LogP contribution is -2.42. The van der Waals surface area contributed by atoms with Crippen molar-refractivity contribution in [1.29, 1.82) is 0 Å². The van der Waals surface area contributed by atoms with Gasteiger partial charge in [-0.2, -0.15) is 5.10 Å². The summed E-state index contributed by atoms with van der Waals surface area (Å²) in [5.41, 5.74) is 4.92. The number of rotatable bonds is 5. The van der Waals surface area contributed by atoms with Gasteiger partial charge in [-0.05, 0) is 61.2 Å². The number of aromatic nitrogens is 3. The Morgan fingerprint density at radius 1 is 1.09 bits per heavy atom. The summed E-state index contributed by atoms with van der Waals surface area (Å²) in [6.07, 6.45) is 2.98. The molecule has 2 aromatic carbocycles. The highest BCUT2D eigenvalue weighted by molar-refractivity contribution is 6.30. The number of fused-ring (bicyclic) bond motifs is 3. The van der Waals surface area contributed by atoms with E-state index in [4.69, 9.17) is 16.7 Å². The van der Waals surface area contributed by atoms with Crippen LogP contribution >= 0.6 is 11.6 Å². The summed E-state index contributed by atoms with van der Waals surface area (Å²) in [6.45, 7) is 7.41. The van der Waals surface area contributed by atoms with Crippen LogP contribution in [0.1, 0.15) is 48.8 Å². The van der Waals surface area contributed by atoms with Crippen molar-refractivity contribution < 1.29 is 4.79 Å². The van der Waals surface area contributed by atoms with Gasteiger partial charge in [-0.15, -0.1) is 0 Å². The zero-order valence-electron chi connectivity index (χ0n) is 20.3. The maximum Gasteiger partial charge on any atom is 0.318 e. The Morgan fingerprint density at radius 2 is 1.83 bits per heavy atom. The molecule has 3 heterocycles. The van der Waals surface area contributed by atoms with Gasteiger partial charge in [0.15, 0.2) is 0 Å². The molecule has 0 radical (unpaired) electrons. The number of carbonyl (C=O) groups is 1. The molecule has 1 N–H and O–H groups in total. The Morgan fingerprint density at radius 3 is 2.54 bits per heavy atom. The van der Waals surface area contributed by atoms with E-state index >= 15 is 0 Å². The summed E-state index contributed by atoms with van der Waals surface area (Å²) >= 11 is 6.21. The van der Waals surface area contributed by atoms with Crippen molar-refractivity contribution in [2.75, 3.05) is 6.54 Å². The Bertz CT molecular complexity index is 1320. The molecule has 0 saturated carbocycles. The van der Waals surface area contributed by atoms with Gasteiger partial charge in [-0.3, -0.25) is 0 Å². The maximum absolute atomic E-state index is 13.7. The molecule has 7 heteroatoms. The van der Waals surface area contributed by atoms with E-state index in [1.165, 1.54) is 0 Å². The molecule has 1 atom stereocenters. The molecule has 0 aliphatic carbocycles. The first-order valence-electron chi connectivity index (χ1n) is 12.1. The summed E-state index contributed by atoms with van der Waals surface area (Å²) in [4.78, 5) is 15.6. The minimum absolute atomic E-state index is 0.0851. The molecule has 4 aromatic rings. The number of nitrogens with one attached hydrogen (secondary N) is 1. The van der Waals surface area contributed by atoms with E-state index < -0.39 is 0 Å². The molecule has 0 unspecified atom stereocenters. The second-order valence-corrected chi connectivity index (χ2v) is 9.87. The normalized spacial score (nSPS) is 15.0. The molecule has 0 fully saturated rings. The predicted octanol–water partition coefficient (Wildman–Crippen LogP) is 6.29. The summed E-state index contributed by atoms with van der Waals surface area (Å²) < 4.78 is 4.15. The van der Waals surface area contributed by atoms with Crippen LogP contribution in [0.25, 0.3) is 11.5 Å². The Hall–Kier alpha value is -3.51. The van der Waals surface area contributed by atoms with Crippen molar-refractivity contribution >= 4 is 17.6 Å². The summed E-state index contributed by atoms with van der Waals surface area (Å²) in [5.74, 6) is 1.48. The average molecular weight is 488 g/mol. The molecule has 0 saturated heterocycles. The van der Waals surface area contributed by atoms with Crippen LogP contribution in [0.5, 0.6) is 0 Å². The number of hydrogen-bond acceptors (Lipinski definition) is 2. The molecule has 6 nitrogen and oxygen atoms in total. The van der Waals surface area contributed by atoms with Crippen LogP contribution in [0.2, 0.25) is 5.02 Å². The van der Waals surface area contributed by atoms with Gasteiger partial charge in [0.2, 0.25) is 0 Å². The Balaban J connectivity index is 1.66. The number of halogens is 1. The molecule has 180 valence electrons. The van der Waals surface area contributed by atoms with E-state index in [2.05, 4.69) is 36.0 Å². The molecule has 0 bridgehead atoms. The number of para-hydroxylation sites is 1. The average Bonchev–Trinajstić information content (AvgIpc) is 3.41. The van der Waals surface area contributed by atoms with Crippen LogP contribution < -0.4 is 5.32 Å². The van der Waals surface area contributed by atoms with E-state index in [0.717, 1.165) is 40.4 Å². The van der Waals surface area contributed by atoms with Crippen LogP contribution in [0.3, 0.4) is 0 Å². The quantitative estimate of drug-likeness (QED) is 0.360. The second-order valence-electron chi connectivity index (χ2n) is 9.43. The topological polar surface area (TPSA) is 55.1 Å². The SMILES string of the molecule is Cc1nn(-c2ccccc2)c2c1CN(C(=O)NCCC(C)C)[C@@H](c1ccc(Cl)cc1)c1cccn1-2. The molecule has 35 heavy (non-hydrogen) atoms. The van der Waals surface area contributed by atoms with Gasteiger partial charge in [0.05, 0.1) is 29.7 Å². The predicted molar refractivity (Wildman–Crippen MR) is 139 cm³/mol. The van der Waals surface area contributed by atoms with E-state index in [1.54, 1.807) is 0 Å². The third-order valence-electron chi connectivity index (χ3n) is 6.53. The van der Waals surface area contributed by atoms with Crippen molar-refractivity contribution in [1.82, 2.24) is 24.6 Å². The van der Waals surface area contributed by atoms with Gasteiger partial charge in [-0.25, -0.2) is 9.48 Å². The van der Waals surface area contributed by atoms with Crippen LogP contribution in [-0.4, -0.2) is 31.8 Å². The molecular formula is C28H30ClN5O. The highest BCUT2D eigenvalue weighted by Gasteiger charge is 2.35. The largest absolute Gasteiger partial charge is 0.338 e. The lowest BCUT2D eigenvalue weighted by Gasteiger charge is -2.31. The van der Waals surface area contributed by atoms with Crippen molar-refractivity contribution in [2.45, 2.75) is 39.8 Å². The maximum atomic E-state index is 13.7. The van der Waals surface area contributed by atoms with Crippen molar-refractivity contribution in [3.8, 4) is 11.5 Å². The van der Waals surface area contributed by atoms with Crippen LogP contribution in [0.4, 0.5) is 4.79 Å². The van der Waals surface area contributed by atoms with Crippen molar-refractivity contribution in [3.05, 3.63) is 100 Å². The van der Waals surface area contributed by atoms with Gasteiger partial charge in [0, 0.05) is 23.3 Å². The number of benzene rings is 2. The fourth-order valence-corrected chi connectivity index (χ4v) is 4.84. The van der Waals surface area contributed by atoms with E-state index in [9.17, 15) is 4.79 Å². The summed E-state index contributed by atoms with van der Waals surface area (Å²) in [6, 6.07) is 21.6. The minimum Gasteiger partial charge on any atom is -0.338 e. The lowest BCUT2D eigenvalue weighted by molar-refractivity contribution is 0.180. The first-order valence-corrected chi connectivity index (χ1v) is 12.4. The summed E-state index contributed by atoms with van der Waals surface area (Å²) in [7, 11) is 0. The number of aryl methyl sites for hydroxylation is 1. The standard InChI is InChI=1S/C28H30ClN5O/c1-19(2)15-16-30-28(35)33-18-24-20(3)31-34(23-8-5-4-6-9-23)27(24)32-17-7-10-25(32)26(33)21-11-13-22(29)14-12-21/h4-14,17,19,26H,15-16,18H2,1-3H3,(H,30,35)/t26-/m0/s1.